The monoisotopic (exact) mass is 264 g/mol. The predicted octanol–water partition coefficient (Wildman–Crippen LogP) is 2.20. The van der Waals surface area contributed by atoms with Crippen LogP contribution in [0.25, 0.3) is 0 Å². The van der Waals surface area contributed by atoms with E-state index in [0.717, 1.165) is 25.3 Å². The number of ether oxygens (including phenoxy) is 1. The van der Waals surface area contributed by atoms with Crippen LogP contribution in [0.4, 0.5) is 5.69 Å². The molecular weight excluding hydrogens is 240 g/mol. The van der Waals surface area contributed by atoms with Gasteiger partial charge in [-0.1, -0.05) is 19.1 Å². The normalized spacial score (nSPS) is 12.2. The molecule has 0 saturated carbocycles. The first-order valence-electron chi connectivity index (χ1n) is 6.76. The topological polar surface area (TPSA) is 50.4 Å². The summed E-state index contributed by atoms with van der Waals surface area (Å²) in [6.45, 7) is 5.59. The molecule has 106 valence electrons. The van der Waals surface area contributed by atoms with E-state index >= 15 is 0 Å². The number of rotatable bonds is 8. The molecule has 0 saturated heterocycles. The smallest absolute Gasteiger partial charge is 0.224 e. The van der Waals surface area contributed by atoms with E-state index in [0.29, 0.717) is 12.5 Å². The van der Waals surface area contributed by atoms with E-state index < -0.39 is 0 Å². The molecule has 19 heavy (non-hydrogen) atoms. The quantitative estimate of drug-likeness (QED) is 0.708. The van der Waals surface area contributed by atoms with Crippen LogP contribution < -0.4 is 10.6 Å². The molecule has 0 aliphatic heterocycles. The van der Waals surface area contributed by atoms with Gasteiger partial charge in [0, 0.05) is 31.8 Å². The molecule has 0 aliphatic rings. The zero-order valence-corrected chi connectivity index (χ0v) is 12.0. The van der Waals surface area contributed by atoms with Gasteiger partial charge in [0.2, 0.25) is 5.91 Å². The van der Waals surface area contributed by atoms with Gasteiger partial charge in [-0.15, -0.1) is 0 Å². The Morgan fingerprint density at radius 2 is 2.00 bits per heavy atom. The molecule has 1 unspecified atom stereocenters. The first kappa shape index (κ1) is 15.7. The number of nitrogens with one attached hydrogen (secondary N) is 2. The van der Waals surface area contributed by atoms with Gasteiger partial charge < -0.3 is 15.4 Å². The highest BCUT2D eigenvalue weighted by Gasteiger charge is 2.03. The molecule has 0 bridgehead atoms. The molecule has 0 heterocycles. The van der Waals surface area contributed by atoms with Crippen LogP contribution in [0, 0.1) is 0 Å². The highest BCUT2D eigenvalue weighted by Crippen LogP contribution is 2.11. The van der Waals surface area contributed by atoms with Crippen LogP contribution in [-0.2, 0) is 16.0 Å². The van der Waals surface area contributed by atoms with Crippen molar-refractivity contribution in [3.05, 3.63) is 29.8 Å². The number of amides is 1. The van der Waals surface area contributed by atoms with Crippen molar-refractivity contribution in [2.24, 2.45) is 0 Å². The molecule has 0 spiro atoms. The summed E-state index contributed by atoms with van der Waals surface area (Å²) >= 11 is 0. The van der Waals surface area contributed by atoms with Crippen LogP contribution in [0.5, 0.6) is 0 Å². The summed E-state index contributed by atoms with van der Waals surface area (Å²) in [6.07, 6.45) is 1.47. The van der Waals surface area contributed by atoms with Crippen LogP contribution in [0.1, 0.15) is 25.8 Å². The summed E-state index contributed by atoms with van der Waals surface area (Å²) in [7, 11) is 1.70. The van der Waals surface area contributed by atoms with E-state index in [2.05, 4.69) is 29.7 Å². The Hall–Kier alpha value is -1.39. The Labute approximate surface area is 115 Å². The largest absolute Gasteiger partial charge is 0.383 e. The lowest BCUT2D eigenvalue weighted by Crippen LogP contribution is -2.30. The van der Waals surface area contributed by atoms with Gasteiger partial charge in [0.05, 0.1) is 6.61 Å². The van der Waals surface area contributed by atoms with Crippen molar-refractivity contribution < 1.29 is 9.53 Å². The van der Waals surface area contributed by atoms with Crippen LogP contribution in [0.3, 0.4) is 0 Å². The minimum atomic E-state index is 0.0438. The van der Waals surface area contributed by atoms with E-state index in [4.69, 9.17) is 4.74 Å². The molecule has 1 aromatic rings. The predicted molar refractivity (Wildman–Crippen MR) is 78.4 cm³/mol. The van der Waals surface area contributed by atoms with Crippen LogP contribution >= 0.6 is 0 Å². The lowest BCUT2D eigenvalue weighted by Gasteiger charge is -2.14. The molecule has 0 aromatic heterocycles. The van der Waals surface area contributed by atoms with Crippen molar-refractivity contribution in [2.45, 2.75) is 32.7 Å². The van der Waals surface area contributed by atoms with Gasteiger partial charge >= 0.3 is 0 Å². The standard InChI is InChI=1S/C15H24N2O2/c1-4-15(18)17-14-7-5-13(6-8-14)11-12(2)16-9-10-19-3/h5-8,12,16H,4,9-11H2,1-3H3,(H,17,18). The van der Waals surface area contributed by atoms with Crippen LogP contribution in [-0.4, -0.2) is 32.2 Å². The first-order chi connectivity index (χ1) is 9.15. The van der Waals surface area contributed by atoms with E-state index in [-0.39, 0.29) is 5.91 Å². The molecule has 1 rings (SSSR count). The SMILES string of the molecule is CCC(=O)Nc1ccc(CC(C)NCCOC)cc1. The minimum absolute atomic E-state index is 0.0438. The third-order valence-corrected chi connectivity index (χ3v) is 2.90. The van der Waals surface area contributed by atoms with Crippen molar-refractivity contribution in [1.82, 2.24) is 5.32 Å². The van der Waals surface area contributed by atoms with Crippen molar-refractivity contribution in [3.63, 3.8) is 0 Å². The molecule has 4 heteroatoms. The Morgan fingerprint density at radius 3 is 2.58 bits per heavy atom. The van der Waals surface area contributed by atoms with Crippen molar-refractivity contribution in [2.75, 3.05) is 25.6 Å². The average molecular weight is 264 g/mol. The molecule has 0 radical (unpaired) electrons. The second-order valence-electron chi connectivity index (χ2n) is 4.65. The Morgan fingerprint density at radius 1 is 1.32 bits per heavy atom. The van der Waals surface area contributed by atoms with Crippen molar-refractivity contribution in [1.29, 1.82) is 0 Å². The zero-order valence-electron chi connectivity index (χ0n) is 12.0. The van der Waals surface area contributed by atoms with E-state index in [1.54, 1.807) is 7.11 Å². The maximum Gasteiger partial charge on any atom is 0.224 e. The number of methoxy groups -OCH3 is 1. The lowest BCUT2D eigenvalue weighted by atomic mass is 10.1. The average Bonchev–Trinajstić information content (AvgIpc) is 2.41. The summed E-state index contributed by atoms with van der Waals surface area (Å²) in [5.41, 5.74) is 2.11. The van der Waals surface area contributed by atoms with Gasteiger partial charge in [0.25, 0.3) is 0 Å². The third kappa shape index (κ3) is 6.36. The minimum Gasteiger partial charge on any atom is -0.383 e. The Bertz CT molecular complexity index is 376. The molecule has 1 atom stereocenters. The van der Waals surface area contributed by atoms with Crippen LogP contribution in [0.2, 0.25) is 0 Å². The zero-order chi connectivity index (χ0) is 14.1. The summed E-state index contributed by atoms with van der Waals surface area (Å²) in [5, 5.41) is 6.24. The van der Waals surface area contributed by atoms with Gasteiger partial charge in [-0.25, -0.2) is 0 Å². The summed E-state index contributed by atoms with van der Waals surface area (Å²) in [6, 6.07) is 8.42. The van der Waals surface area contributed by atoms with Crippen molar-refractivity contribution >= 4 is 11.6 Å². The number of carbonyl (C=O) groups excluding carboxylic acids is 1. The Kier molecular flexibility index (Phi) is 7.15. The number of hydrogen-bond acceptors (Lipinski definition) is 3. The summed E-state index contributed by atoms with van der Waals surface area (Å²) < 4.78 is 5.00. The molecule has 0 aliphatic carbocycles. The fourth-order valence-corrected chi connectivity index (χ4v) is 1.81. The number of benzene rings is 1. The van der Waals surface area contributed by atoms with Gasteiger partial charge in [-0.05, 0) is 31.0 Å². The molecule has 4 nitrogen and oxygen atoms in total. The highest BCUT2D eigenvalue weighted by atomic mass is 16.5. The maximum absolute atomic E-state index is 11.3. The van der Waals surface area contributed by atoms with Crippen LogP contribution in [0.15, 0.2) is 24.3 Å². The first-order valence-corrected chi connectivity index (χ1v) is 6.76. The third-order valence-electron chi connectivity index (χ3n) is 2.90. The lowest BCUT2D eigenvalue weighted by molar-refractivity contribution is -0.115. The molecule has 1 amide bonds. The molecule has 1 aromatic carbocycles. The van der Waals surface area contributed by atoms with E-state index in [9.17, 15) is 4.79 Å². The molecule has 2 N–H and O–H groups in total. The van der Waals surface area contributed by atoms with Gasteiger partial charge in [0.1, 0.15) is 0 Å². The number of anilines is 1. The van der Waals surface area contributed by atoms with Gasteiger partial charge in [-0.3, -0.25) is 4.79 Å². The van der Waals surface area contributed by atoms with Crippen molar-refractivity contribution in [3.8, 4) is 0 Å². The molecular formula is C15H24N2O2. The number of carbonyl (C=O) groups is 1. The summed E-state index contributed by atoms with van der Waals surface area (Å²) in [4.78, 5) is 11.3. The second-order valence-corrected chi connectivity index (χ2v) is 4.65. The summed E-state index contributed by atoms with van der Waals surface area (Å²) in [5.74, 6) is 0.0438. The van der Waals surface area contributed by atoms with E-state index in [1.807, 2.05) is 19.1 Å². The van der Waals surface area contributed by atoms with Gasteiger partial charge in [-0.2, -0.15) is 0 Å². The van der Waals surface area contributed by atoms with E-state index in [1.165, 1.54) is 5.56 Å². The maximum atomic E-state index is 11.3. The Balaban J connectivity index is 2.41. The number of hydrogen-bond donors (Lipinski definition) is 2. The molecule has 0 fully saturated rings. The van der Waals surface area contributed by atoms with Gasteiger partial charge in [0.15, 0.2) is 0 Å². The second kappa shape index (κ2) is 8.67. The highest BCUT2D eigenvalue weighted by molar-refractivity contribution is 5.90. The fraction of sp³-hybridized carbons (Fsp3) is 0.533. The fourth-order valence-electron chi connectivity index (χ4n) is 1.81.